The van der Waals surface area contributed by atoms with E-state index in [0.717, 1.165) is 24.8 Å². The highest BCUT2D eigenvalue weighted by Crippen LogP contribution is 2.41. The molecule has 0 amide bonds. The number of aryl methyl sites for hydroxylation is 1. The van der Waals surface area contributed by atoms with Crippen LogP contribution in [0.15, 0.2) is 23.2 Å². The first kappa shape index (κ1) is 16.5. The lowest BCUT2D eigenvalue weighted by Gasteiger charge is -2.07. The van der Waals surface area contributed by atoms with Gasteiger partial charge in [0.2, 0.25) is 0 Å². The maximum Gasteiger partial charge on any atom is 0.341 e. The van der Waals surface area contributed by atoms with E-state index in [2.05, 4.69) is 4.99 Å². The molecule has 0 fully saturated rings. The molecular weight excluding hydrogens is 326 g/mol. The van der Waals surface area contributed by atoms with Gasteiger partial charge in [-0.2, -0.15) is 0 Å². The van der Waals surface area contributed by atoms with Crippen molar-refractivity contribution in [1.82, 2.24) is 0 Å². The van der Waals surface area contributed by atoms with E-state index in [0.29, 0.717) is 28.5 Å². The van der Waals surface area contributed by atoms with Gasteiger partial charge < -0.3 is 14.6 Å². The molecule has 1 aliphatic carbocycles. The van der Waals surface area contributed by atoms with Gasteiger partial charge in [-0.15, -0.1) is 11.3 Å². The first-order valence-electron chi connectivity index (χ1n) is 7.87. The average molecular weight is 345 g/mol. The number of aliphatic imine (C=N–C) groups is 1. The lowest BCUT2D eigenvalue weighted by Crippen LogP contribution is -2.03. The number of fused-ring (bicyclic) bond motifs is 1. The highest BCUT2D eigenvalue weighted by molar-refractivity contribution is 7.16. The van der Waals surface area contributed by atoms with E-state index < -0.39 is 0 Å². The Balaban J connectivity index is 1.96. The molecule has 6 heteroatoms. The minimum absolute atomic E-state index is 0.0480. The minimum Gasteiger partial charge on any atom is -0.504 e. The summed E-state index contributed by atoms with van der Waals surface area (Å²) in [4.78, 5) is 17.8. The predicted octanol–water partition coefficient (Wildman–Crippen LogP) is 3.88. The van der Waals surface area contributed by atoms with Gasteiger partial charge in [-0.25, -0.2) is 9.79 Å². The van der Waals surface area contributed by atoms with E-state index in [4.69, 9.17) is 9.47 Å². The molecule has 5 nitrogen and oxygen atoms in total. The van der Waals surface area contributed by atoms with Crippen molar-refractivity contribution in [2.24, 2.45) is 4.99 Å². The van der Waals surface area contributed by atoms with Crippen LogP contribution >= 0.6 is 11.3 Å². The Kier molecular flexibility index (Phi) is 4.85. The van der Waals surface area contributed by atoms with E-state index in [9.17, 15) is 9.90 Å². The quantitative estimate of drug-likeness (QED) is 0.660. The van der Waals surface area contributed by atoms with E-state index in [1.165, 1.54) is 23.3 Å². The highest BCUT2D eigenvalue weighted by atomic mass is 32.1. The van der Waals surface area contributed by atoms with E-state index in [-0.39, 0.29) is 11.7 Å². The molecule has 1 heterocycles. The number of phenolic OH excluding ortho intramolecular Hbond substituents is 1. The molecule has 0 saturated carbocycles. The SMILES string of the molecule is CCOc1cccc(C=Nc2sc3c(c2C(=O)OC)CCC3)c1O. The number of hydrogen-bond donors (Lipinski definition) is 1. The van der Waals surface area contributed by atoms with Crippen molar-refractivity contribution in [3.8, 4) is 11.5 Å². The Hall–Kier alpha value is -2.34. The summed E-state index contributed by atoms with van der Waals surface area (Å²) in [6.07, 6.45) is 4.49. The van der Waals surface area contributed by atoms with Crippen LogP contribution in [0.1, 0.15) is 39.7 Å². The van der Waals surface area contributed by atoms with E-state index in [1.54, 1.807) is 24.4 Å². The topological polar surface area (TPSA) is 68.1 Å². The summed E-state index contributed by atoms with van der Waals surface area (Å²) >= 11 is 1.52. The first-order chi connectivity index (χ1) is 11.7. The van der Waals surface area contributed by atoms with Crippen LogP contribution in [0, 0.1) is 0 Å². The van der Waals surface area contributed by atoms with Gasteiger partial charge in [0.05, 0.1) is 19.3 Å². The maximum absolute atomic E-state index is 12.1. The third-order valence-electron chi connectivity index (χ3n) is 3.94. The summed E-state index contributed by atoms with van der Waals surface area (Å²) in [5.74, 6) is 0.115. The number of phenols is 1. The van der Waals surface area contributed by atoms with Crippen LogP contribution in [0.25, 0.3) is 0 Å². The molecule has 0 unspecified atom stereocenters. The third kappa shape index (κ3) is 3.01. The molecular formula is C18H19NO4S. The summed E-state index contributed by atoms with van der Waals surface area (Å²) in [5, 5.41) is 10.9. The Bertz CT molecular complexity index is 795. The Morgan fingerprint density at radius 1 is 1.42 bits per heavy atom. The van der Waals surface area contributed by atoms with Crippen LogP contribution in [0.5, 0.6) is 11.5 Å². The van der Waals surface area contributed by atoms with Crippen molar-refractivity contribution in [3.05, 3.63) is 39.8 Å². The van der Waals surface area contributed by atoms with Gasteiger partial charge in [0, 0.05) is 16.7 Å². The molecule has 1 aromatic heterocycles. The fourth-order valence-corrected chi connectivity index (χ4v) is 4.06. The summed E-state index contributed by atoms with van der Waals surface area (Å²) in [6, 6.07) is 5.25. The second-order valence-corrected chi connectivity index (χ2v) is 6.50. The third-order valence-corrected chi connectivity index (χ3v) is 5.14. The summed E-state index contributed by atoms with van der Waals surface area (Å²) in [6.45, 7) is 2.33. The van der Waals surface area contributed by atoms with Gasteiger partial charge in [-0.3, -0.25) is 0 Å². The number of aromatic hydroxyl groups is 1. The minimum atomic E-state index is -0.353. The molecule has 0 bridgehead atoms. The Morgan fingerprint density at radius 2 is 2.25 bits per heavy atom. The van der Waals surface area contributed by atoms with Gasteiger partial charge in [0.1, 0.15) is 5.00 Å². The fraction of sp³-hybridized carbons (Fsp3) is 0.333. The Labute approximate surface area is 144 Å². The monoisotopic (exact) mass is 345 g/mol. The number of esters is 1. The second-order valence-electron chi connectivity index (χ2n) is 5.41. The summed E-state index contributed by atoms with van der Waals surface area (Å²) in [7, 11) is 1.38. The van der Waals surface area contributed by atoms with Crippen molar-refractivity contribution in [3.63, 3.8) is 0 Å². The van der Waals surface area contributed by atoms with E-state index >= 15 is 0 Å². The Morgan fingerprint density at radius 3 is 3.00 bits per heavy atom. The molecule has 1 N–H and O–H groups in total. The van der Waals surface area contributed by atoms with Crippen LogP contribution in [0.4, 0.5) is 5.00 Å². The number of thiophene rings is 1. The van der Waals surface area contributed by atoms with Gasteiger partial charge in [-0.05, 0) is 43.9 Å². The highest BCUT2D eigenvalue weighted by Gasteiger charge is 2.26. The molecule has 0 atom stereocenters. The number of para-hydroxylation sites is 1. The number of carbonyl (C=O) groups excluding carboxylic acids is 1. The van der Waals surface area contributed by atoms with Crippen LogP contribution in [-0.4, -0.2) is 31.0 Å². The molecule has 126 valence electrons. The molecule has 0 radical (unpaired) electrons. The average Bonchev–Trinajstić information content (AvgIpc) is 3.15. The molecule has 2 aromatic rings. The van der Waals surface area contributed by atoms with Crippen molar-refractivity contribution in [2.45, 2.75) is 26.2 Å². The van der Waals surface area contributed by atoms with Crippen molar-refractivity contribution in [2.75, 3.05) is 13.7 Å². The molecule has 0 saturated heterocycles. The summed E-state index contributed by atoms with van der Waals surface area (Å²) < 4.78 is 10.3. The number of benzene rings is 1. The largest absolute Gasteiger partial charge is 0.504 e. The van der Waals surface area contributed by atoms with Crippen molar-refractivity contribution in [1.29, 1.82) is 0 Å². The first-order valence-corrected chi connectivity index (χ1v) is 8.69. The van der Waals surface area contributed by atoms with Crippen molar-refractivity contribution >= 4 is 28.5 Å². The van der Waals surface area contributed by atoms with Gasteiger partial charge >= 0.3 is 5.97 Å². The normalized spacial score (nSPS) is 13.2. The molecule has 0 spiro atoms. The predicted molar refractivity (Wildman–Crippen MR) is 94.2 cm³/mol. The lowest BCUT2D eigenvalue weighted by molar-refractivity contribution is 0.0601. The van der Waals surface area contributed by atoms with Crippen molar-refractivity contribution < 1.29 is 19.4 Å². The van der Waals surface area contributed by atoms with Crippen LogP contribution in [-0.2, 0) is 17.6 Å². The molecule has 3 rings (SSSR count). The smallest absolute Gasteiger partial charge is 0.341 e. The zero-order valence-corrected chi connectivity index (χ0v) is 14.5. The number of ether oxygens (including phenoxy) is 2. The lowest BCUT2D eigenvalue weighted by atomic mass is 10.1. The second kappa shape index (κ2) is 7.05. The van der Waals surface area contributed by atoms with Crippen LogP contribution < -0.4 is 4.74 Å². The van der Waals surface area contributed by atoms with Gasteiger partial charge in [0.15, 0.2) is 11.5 Å². The standard InChI is InChI=1S/C18H19NO4S/c1-3-23-13-8-4-6-11(16(13)20)10-19-17-15(18(21)22-2)12-7-5-9-14(12)24-17/h4,6,8,10,20H,3,5,7,9H2,1-2H3. The summed E-state index contributed by atoms with van der Waals surface area (Å²) in [5.41, 5.74) is 2.17. The molecule has 24 heavy (non-hydrogen) atoms. The number of methoxy groups -OCH3 is 1. The zero-order chi connectivity index (χ0) is 17.1. The molecule has 1 aliphatic rings. The van der Waals surface area contributed by atoms with Gasteiger partial charge in [0.25, 0.3) is 0 Å². The molecule has 0 aliphatic heterocycles. The number of nitrogens with zero attached hydrogens (tertiary/aromatic N) is 1. The zero-order valence-electron chi connectivity index (χ0n) is 13.7. The van der Waals surface area contributed by atoms with Crippen LogP contribution in [0.2, 0.25) is 0 Å². The maximum atomic E-state index is 12.1. The number of carbonyl (C=O) groups is 1. The molecule has 1 aromatic carbocycles. The van der Waals surface area contributed by atoms with Gasteiger partial charge in [-0.1, -0.05) is 6.07 Å². The number of hydrogen-bond acceptors (Lipinski definition) is 6. The van der Waals surface area contributed by atoms with Crippen LogP contribution in [0.3, 0.4) is 0 Å². The number of rotatable bonds is 5. The van der Waals surface area contributed by atoms with E-state index in [1.807, 2.05) is 6.92 Å². The fourth-order valence-electron chi connectivity index (χ4n) is 2.84.